The molecule has 0 bridgehead atoms. The molecule has 0 amide bonds. The van der Waals surface area contributed by atoms with E-state index < -0.39 is 9.84 Å². The first-order valence-electron chi connectivity index (χ1n) is 4.81. The topological polar surface area (TPSA) is 37.4 Å². The van der Waals surface area contributed by atoms with Crippen LogP contribution < -0.4 is 0 Å². The Morgan fingerprint density at radius 1 is 1.14 bits per heavy atom. The molecule has 0 unspecified atom stereocenters. The number of quaternary nitrogens is 1. The average Bonchev–Trinajstić information content (AvgIpc) is 2.24. The van der Waals surface area contributed by atoms with Crippen LogP contribution in [0, 0.1) is 0 Å². The molecule has 1 aliphatic rings. The molecule has 1 rings (SSSR count). The third-order valence-corrected chi connectivity index (χ3v) is 4.65. The van der Waals surface area contributed by atoms with E-state index in [0.29, 0.717) is 16.0 Å². The predicted octanol–water partition coefficient (Wildman–Crippen LogP) is -0.580. The largest absolute Gasteiger partial charge is 0.326 e. The zero-order chi connectivity index (χ0) is 11.1. The van der Waals surface area contributed by atoms with E-state index in [-0.39, 0.29) is 12.1 Å². The van der Waals surface area contributed by atoms with Gasteiger partial charge in [-0.25, -0.2) is 8.42 Å². The second-order valence-electron chi connectivity index (χ2n) is 5.29. The van der Waals surface area contributed by atoms with E-state index >= 15 is 0 Å². The molecule has 14 heavy (non-hydrogen) atoms. The number of sulfone groups is 1. The number of hydrogen-bond donors (Lipinski definition) is 0. The van der Waals surface area contributed by atoms with Crippen LogP contribution in [-0.4, -0.2) is 76.6 Å². The van der Waals surface area contributed by atoms with E-state index in [4.69, 9.17) is 0 Å². The first-order chi connectivity index (χ1) is 6.13. The summed E-state index contributed by atoms with van der Waals surface area (Å²) in [6.45, 7) is 0. The van der Waals surface area contributed by atoms with Crippen LogP contribution in [0.2, 0.25) is 0 Å². The van der Waals surface area contributed by atoms with Gasteiger partial charge in [-0.3, -0.25) is 0 Å². The lowest BCUT2D eigenvalue weighted by atomic mass is 10.1. The normalized spacial score (nSPS) is 32.4. The van der Waals surface area contributed by atoms with Gasteiger partial charge in [-0.15, -0.1) is 0 Å². The zero-order valence-electron chi connectivity index (χ0n) is 9.69. The molecule has 4 nitrogen and oxygen atoms in total. The zero-order valence-corrected chi connectivity index (χ0v) is 10.5. The molecule has 0 saturated carbocycles. The second-order valence-corrected chi connectivity index (χ2v) is 7.45. The van der Waals surface area contributed by atoms with Crippen molar-refractivity contribution in [2.24, 2.45) is 0 Å². The summed E-state index contributed by atoms with van der Waals surface area (Å²) < 4.78 is 23.8. The van der Waals surface area contributed by atoms with Crippen LogP contribution >= 0.6 is 0 Å². The Hall–Kier alpha value is -0.130. The Morgan fingerprint density at radius 2 is 1.64 bits per heavy atom. The molecule has 0 aromatic heterocycles. The van der Waals surface area contributed by atoms with Gasteiger partial charge in [-0.1, -0.05) is 0 Å². The number of hydrogen-bond acceptors (Lipinski definition) is 3. The highest BCUT2D eigenvalue weighted by Crippen LogP contribution is 2.23. The van der Waals surface area contributed by atoms with Crippen molar-refractivity contribution in [1.29, 1.82) is 0 Å². The van der Waals surface area contributed by atoms with E-state index in [1.165, 1.54) is 0 Å². The van der Waals surface area contributed by atoms with Gasteiger partial charge in [-0.2, -0.15) is 0 Å². The minimum atomic E-state index is -2.83. The van der Waals surface area contributed by atoms with Gasteiger partial charge in [-0.05, 0) is 14.1 Å². The molecule has 2 atom stereocenters. The lowest BCUT2D eigenvalue weighted by Crippen LogP contribution is -2.55. The smallest absolute Gasteiger partial charge is 0.157 e. The Labute approximate surface area is 87.0 Å². The van der Waals surface area contributed by atoms with Gasteiger partial charge in [0, 0.05) is 0 Å². The molecular formula is C9H21N2O2S+. The standard InChI is InChI=1S/C9H21N2O2S/c1-10(2)8-6-14(12,13)7-9(8)11(3,4)5/h8-9H,6-7H2,1-5H3/q+1/t8-,9+/m0/s1. The van der Waals surface area contributed by atoms with Crippen LogP contribution in [0.25, 0.3) is 0 Å². The summed E-state index contributed by atoms with van der Waals surface area (Å²) in [6, 6.07) is 0.343. The van der Waals surface area contributed by atoms with Crippen LogP contribution in [-0.2, 0) is 9.84 Å². The van der Waals surface area contributed by atoms with Gasteiger partial charge in [0.05, 0.1) is 32.9 Å². The van der Waals surface area contributed by atoms with Crippen LogP contribution in [0.3, 0.4) is 0 Å². The number of likely N-dealkylation sites (N-methyl/N-ethyl adjacent to an activating group) is 2. The van der Waals surface area contributed by atoms with Crippen LogP contribution in [0.5, 0.6) is 0 Å². The first-order valence-corrected chi connectivity index (χ1v) is 6.63. The highest BCUT2D eigenvalue weighted by molar-refractivity contribution is 7.91. The van der Waals surface area contributed by atoms with Crippen molar-refractivity contribution < 1.29 is 12.9 Å². The van der Waals surface area contributed by atoms with Crippen molar-refractivity contribution in [3.63, 3.8) is 0 Å². The maximum atomic E-state index is 11.6. The highest BCUT2D eigenvalue weighted by Gasteiger charge is 2.46. The molecule has 1 saturated heterocycles. The fourth-order valence-corrected chi connectivity index (χ4v) is 4.41. The molecule has 0 aromatic rings. The predicted molar refractivity (Wildman–Crippen MR) is 57.9 cm³/mol. The van der Waals surface area contributed by atoms with Crippen LogP contribution in [0.1, 0.15) is 0 Å². The van der Waals surface area contributed by atoms with E-state index in [0.717, 1.165) is 0 Å². The van der Waals surface area contributed by atoms with Crippen molar-refractivity contribution >= 4 is 9.84 Å². The summed E-state index contributed by atoms with van der Waals surface area (Å²) in [5, 5.41) is 0. The summed E-state index contributed by atoms with van der Waals surface area (Å²) in [6.07, 6.45) is 0. The third kappa shape index (κ3) is 2.46. The maximum absolute atomic E-state index is 11.6. The quantitative estimate of drug-likeness (QED) is 0.586. The Kier molecular flexibility index (Phi) is 2.96. The molecule has 0 spiro atoms. The van der Waals surface area contributed by atoms with Crippen molar-refractivity contribution in [2.75, 3.05) is 46.7 Å². The molecule has 5 heteroatoms. The highest BCUT2D eigenvalue weighted by atomic mass is 32.2. The van der Waals surface area contributed by atoms with E-state index in [1.807, 2.05) is 19.0 Å². The lowest BCUT2D eigenvalue weighted by molar-refractivity contribution is -0.894. The van der Waals surface area contributed by atoms with Gasteiger partial charge in [0.15, 0.2) is 9.84 Å². The number of rotatable bonds is 2. The molecule has 0 aliphatic carbocycles. The molecule has 0 aromatic carbocycles. The Morgan fingerprint density at radius 3 is 1.93 bits per heavy atom. The first kappa shape index (κ1) is 11.9. The summed E-state index contributed by atoms with van der Waals surface area (Å²) in [4.78, 5) is 2.03. The summed E-state index contributed by atoms with van der Waals surface area (Å²) in [5.41, 5.74) is 0. The Bertz CT molecular complexity index is 303. The van der Waals surface area contributed by atoms with Crippen molar-refractivity contribution in [3.05, 3.63) is 0 Å². The van der Waals surface area contributed by atoms with E-state index in [2.05, 4.69) is 21.1 Å². The van der Waals surface area contributed by atoms with E-state index in [1.54, 1.807) is 0 Å². The number of nitrogens with zero attached hydrogens (tertiary/aromatic N) is 2. The molecule has 84 valence electrons. The molecule has 0 N–H and O–H groups in total. The van der Waals surface area contributed by atoms with Crippen LogP contribution in [0.15, 0.2) is 0 Å². The Balaban J connectivity index is 2.95. The lowest BCUT2D eigenvalue weighted by Gasteiger charge is -2.36. The van der Waals surface area contributed by atoms with E-state index in [9.17, 15) is 8.42 Å². The van der Waals surface area contributed by atoms with Gasteiger partial charge in [0.2, 0.25) is 0 Å². The SMILES string of the molecule is CN(C)[C@H]1CS(=O)(=O)C[C@H]1[N+](C)(C)C. The second kappa shape index (κ2) is 3.47. The average molecular weight is 221 g/mol. The summed E-state index contributed by atoms with van der Waals surface area (Å²) in [7, 11) is 7.25. The third-order valence-electron chi connectivity index (χ3n) is 2.95. The van der Waals surface area contributed by atoms with Gasteiger partial charge in [0.25, 0.3) is 0 Å². The molecule has 1 aliphatic heterocycles. The summed E-state index contributed by atoms with van der Waals surface area (Å²) in [5.74, 6) is 0.625. The van der Waals surface area contributed by atoms with Crippen molar-refractivity contribution in [3.8, 4) is 0 Å². The minimum Gasteiger partial charge on any atom is -0.326 e. The van der Waals surface area contributed by atoms with Gasteiger partial charge in [0.1, 0.15) is 11.8 Å². The molecule has 1 heterocycles. The maximum Gasteiger partial charge on any atom is 0.157 e. The monoisotopic (exact) mass is 221 g/mol. The fraction of sp³-hybridized carbons (Fsp3) is 1.00. The van der Waals surface area contributed by atoms with Crippen molar-refractivity contribution in [1.82, 2.24) is 4.90 Å². The molecule has 1 fully saturated rings. The van der Waals surface area contributed by atoms with Gasteiger partial charge < -0.3 is 9.38 Å². The summed E-state index contributed by atoms with van der Waals surface area (Å²) >= 11 is 0. The van der Waals surface area contributed by atoms with Gasteiger partial charge >= 0.3 is 0 Å². The molecule has 0 radical (unpaired) electrons. The van der Waals surface area contributed by atoms with Crippen molar-refractivity contribution in [2.45, 2.75) is 12.1 Å². The van der Waals surface area contributed by atoms with Crippen LogP contribution in [0.4, 0.5) is 0 Å². The minimum absolute atomic E-state index is 0.153. The fourth-order valence-electron chi connectivity index (χ4n) is 2.04. The molecular weight excluding hydrogens is 200 g/mol.